The van der Waals surface area contributed by atoms with Gasteiger partial charge in [-0.05, 0) is 44.6 Å². The Balaban J connectivity index is 1.62. The highest BCUT2D eigenvalue weighted by Crippen LogP contribution is 2.34. The van der Waals surface area contributed by atoms with Gasteiger partial charge in [0.25, 0.3) is 5.56 Å². The zero-order valence-corrected chi connectivity index (χ0v) is 19.0. The quantitative estimate of drug-likeness (QED) is 0.370. The SMILES string of the molecule is CCN(C(=O)CSc1nc2scc(-c3cccs3)c2c(=O)n1CC)C1=CCCC1. The second-order valence-corrected chi connectivity index (χ2v) is 9.51. The van der Waals surface area contributed by atoms with E-state index in [2.05, 4.69) is 6.08 Å². The molecule has 0 unspecified atom stereocenters. The fourth-order valence-corrected chi connectivity index (χ4v) is 6.39. The summed E-state index contributed by atoms with van der Waals surface area (Å²) in [5, 5.41) is 5.32. The van der Waals surface area contributed by atoms with Crippen molar-refractivity contribution >= 4 is 50.6 Å². The summed E-state index contributed by atoms with van der Waals surface area (Å²) in [5.74, 6) is 0.361. The van der Waals surface area contributed by atoms with Crippen LogP contribution in [0.1, 0.15) is 33.1 Å². The minimum atomic E-state index is -0.0250. The Morgan fingerprint density at radius 1 is 1.34 bits per heavy atom. The highest BCUT2D eigenvalue weighted by molar-refractivity contribution is 7.99. The van der Waals surface area contributed by atoms with Gasteiger partial charge in [-0.1, -0.05) is 23.9 Å². The molecule has 0 saturated heterocycles. The average molecular weight is 446 g/mol. The first kappa shape index (κ1) is 20.4. The highest BCUT2D eigenvalue weighted by Gasteiger charge is 2.21. The minimum Gasteiger partial charge on any atom is -0.316 e. The van der Waals surface area contributed by atoms with Gasteiger partial charge in [-0.15, -0.1) is 22.7 Å². The monoisotopic (exact) mass is 445 g/mol. The molecule has 0 saturated carbocycles. The van der Waals surface area contributed by atoms with Gasteiger partial charge in [-0.3, -0.25) is 14.2 Å². The van der Waals surface area contributed by atoms with Crippen molar-refractivity contribution < 1.29 is 4.79 Å². The van der Waals surface area contributed by atoms with Crippen LogP contribution in [-0.2, 0) is 11.3 Å². The third kappa shape index (κ3) is 3.93. The van der Waals surface area contributed by atoms with Gasteiger partial charge in [-0.25, -0.2) is 4.98 Å². The van der Waals surface area contributed by atoms with Crippen molar-refractivity contribution in [1.82, 2.24) is 14.5 Å². The summed E-state index contributed by atoms with van der Waals surface area (Å²) in [6, 6.07) is 4.02. The molecule has 0 atom stereocenters. The molecule has 5 nitrogen and oxygen atoms in total. The maximum atomic E-state index is 13.2. The first-order valence-electron chi connectivity index (χ1n) is 9.82. The summed E-state index contributed by atoms with van der Waals surface area (Å²) < 4.78 is 1.69. The normalized spacial score (nSPS) is 13.8. The van der Waals surface area contributed by atoms with Crippen LogP contribution in [-0.4, -0.2) is 32.7 Å². The topological polar surface area (TPSA) is 55.2 Å². The van der Waals surface area contributed by atoms with E-state index in [4.69, 9.17) is 4.98 Å². The van der Waals surface area contributed by atoms with Crippen molar-refractivity contribution in [3.63, 3.8) is 0 Å². The van der Waals surface area contributed by atoms with Crippen molar-refractivity contribution in [3.05, 3.63) is 45.0 Å². The molecule has 3 aromatic heterocycles. The number of carbonyl (C=O) groups excluding carboxylic acids is 1. The lowest BCUT2D eigenvalue weighted by molar-refractivity contribution is -0.126. The van der Waals surface area contributed by atoms with Gasteiger partial charge in [0.2, 0.25) is 5.91 Å². The average Bonchev–Trinajstić information content (AvgIpc) is 3.47. The van der Waals surface area contributed by atoms with Gasteiger partial charge in [-0.2, -0.15) is 0 Å². The Morgan fingerprint density at radius 2 is 2.21 bits per heavy atom. The summed E-state index contributed by atoms with van der Waals surface area (Å²) >= 11 is 4.47. The second kappa shape index (κ2) is 8.85. The van der Waals surface area contributed by atoms with Crippen LogP contribution in [0.5, 0.6) is 0 Å². The van der Waals surface area contributed by atoms with Gasteiger partial charge in [0.05, 0.1) is 11.1 Å². The second-order valence-electron chi connectivity index (χ2n) is 6.76. The van der Waals surface area contributed by atoms with E-state index in [1.54, 1.807) is 15.9 Å². The van der Waals surface area contributed by atoms with Crippen LogP contribution in [0.2, 0.25) is 0 Å². The first-order valence-corrected chi connectivity index (χ1v) is 12.6. The fraction of sp³-hybridized carbons (Fsp3) is 0.381. The summed E-state index contributed by atoms with van der Waals surface area (Å²) in [6.07, 6.45) is 5.29. The molecule has 152 valence electrons. The van der Waals surface area contributed by atoms with Crippen LogP contribution in [0.25, 0.3) is 20.7 Å². The smallest absolute Gasteiger partial charge is 0.263 e. The molecule has 0 fully saturated rings. The maximum Gasteiger partial charge on any atom is 0.263 e. The first-order chi connectivity index (χ1) is 14.1. The van der Waals surface area contributed by atoms with E-state index in [0.717, 1.165) is 40.2 Å². The molecule has 0 aliphatic heterocycles. The minimum absolute atomic E-state index is 0.0250. The molecule has 29 heavy (non-hydrogen) atoms. The Hall–Kier alpha value is -1.90. The van der Waals surface area contributed by atoms with Crippen LogP contribution in [0.15, 0.2) is 44.6 Å². The van der Waals surface area contributed by atoms with Gasteiger partial charge in [0.15, 0.2) is 5.16 Å². The van der Waals surface area contributed by atoms with E-state index in [0.29, 0.717) is 23.6 Å². The van der Waals surface area contributed by atoms with Gasteiger partial charge < -0.3 is 4.90 Å². The maximum absolute atomic E-state index is 13.2. The number of thiophene rings is 2. The van der Waals surface area contributed by atoms with Crippen molar-refractivity contribution in [1.29, 1.82) is 0 Å². The number of thioether (sulfide) groups is 1. The molecular weight excluding hydrogens is 422 g/mol. The lowest BCUT2D eigenvalue weighted by atomic mass is 10.2. The standard InChI is InChI=1S/C21H23N3O2S3/c1-3-23(14-8-5-6-9-14)17(25)13-29-21-22-19-18(20(26)24(21)4-2)15(12-28-19)16-10-7-11-27-16/h7-8,10-12H,3-6,9,13H2,1-2H3. The summed E-state index contributed by atoms with van der Waals surface area (Å²) in [6.45, 7) is 5.15. The Labute approximate surface area is 182 Å². The van der Waals surface area contributed by atoms with E-state index < -0.39 is 0 Å². The number of allylic oxidation sites excluding steroid dienone is 2. The van der Waals surface area contributed by atoms with Crippen LogP contribution in [0.4, 0.5) is 0 Å². The van der Waals surface area contributed by atoms with Crippen LogP contribution >= 0.6 is 34.4 Å². The molecular formula is C21H23N3O2S3. The predicted octanol–water partition coefficient (Wildman–Crippen LogP) is 5.21. The predicted molar refractivity (Wildman–Crippen MR) is 123 cm³/mol. The molecule has 0 N–H and O–H groups in total. The lowest BCUT2D eigenvalue weighted by Crippen LogP contribution is -2.31. The molecule has 1 amide bonds. The summed E-state index contributed by atoms with van der Waals surface area (Å²) in [5.41, 5.74) is 2.06. The molecule has 1 aliphatic carbocycles. The molecule has 0 spiro atoms. The summed E-state index contributed by atoms with van der Waals surface area (Å²) in [4.78, 5) is 34.5. The number of amides is 1. The van der Waals surface area contributed by atoms with Crippen LogP contribution in [0, 0.1) is 0 Å². The van der Waals surface area contributed by atoms with Crippen molar-refractivity contribution in [2.45, 2.75) is 44.8 Å². The lowest BCUT2D eigenvalue weighted by Gasteiger charge is -2.22. The van der Waals surface area contributed by atoms with Gasteiger partial charge in [0.1, 0.15) is 4.83 Å². The van der Waals surface area contributed by atoms with Crippen molar-refractivity contribution in [2.24, 2.45) is 0 Å². The fourth-order valence-electron chi connectivity index (χ4n) is 3.65. The Morgan fingerprint density at radius 3 is 2.86 bits per heavy atom. The molecule has 0 bridgehead atoms. The largest absolute Gasteiger partial charge is 0.316 e. The molecule has 0 radical (unpaired) electrons. The molecule has 3 aromatic rings. The zero-order chi connectivity index (χ0) is 20.4. The number of hydrogen-bond acceptors (Lipinski definition) is 6. The van der Waals surface area contributed by atoms with Crippen LogP contribution < -0.4 is 5.56 Å². The summed E-state index contributed by atoms with van der Waals surface area (Å²) in [7, 11) is 0. The molecule has 3 heterocycles. The van der Waals surface area contributed by atoms with Gasteiger partial charge >= 0.3 is 0 Å². The van der Waals surface area contributed by atoms with Gasteiger partial charge in [0, 0.05) is 34.6 Å². The zero-order valence-electron chi connectivity index (χ0n) is 16.5. The number of carbonyl (C=O) groups is 1. The number of rotatable bonds is 7. The Bertz CT molecular complexity index is 1110. The number of fused-ring (bicyclic) bond motifs is 1. The van der Waals surface area contributed by atoms with E-state index in [1.807, 2.05) is 41.6 Å². The number of nitrogens with zero attached hydrogens (tertiary/aromatic N) is 3. The number of aromatic nitrogens is 2. The third-order valence-corrected chi connectivity index (χ3v) is 7.80. The molecule has 4 rings (SSSR count). The van der Waals surface area contributed by atoms with E-state index in [-0.39, 0.29) is 17.2 Å². The van der Waals surface area contributed by atoms with E-state index >= 15 is 0 Å². The molecule has 8 heteroatoms. The van der Waals surface area contributed by atoms with Crippen molar-refractivity contribution in [2.75, 3.05) is 12.3 Å². The van der Waals surface area contributed by atoms with E-state index in [1.165, 1.54) is 23.1 Å². The molecule has 0 aromatic carbocycles. The van der Waals surface area contributed by atoms with Crippen molar-refractivity contribution in [3.8, 4) is 10.4 Å². The van der Waals surface area contributed by atoms with Crippen LogP contribution in [0.3, 0.4) is 0 Å². The number of hydrogen-bond donors (Lipinski definition) is 0. The third-order valence-electron chi connectivity index (χ3n) is 5.07. The van der Waals surface area contributed by atoms with E-state index in [9.17, 15) is 9.59 Å². The Kier molecular flexibility index (Phi) is 6.22. The highest BCUT2D eigenvalue weighted by atomic mass is 32.2. The molecule has 1 aliphatic rings.